The molecule has 1 radical (unpaired) electrons. The maximum absolute atomic E-state index is 11.5. The van der Waals surface area contributed by atoms with Gasteiger partial charge in [0.05, 0.1) is 0 Å². The molecule has 1 nitrogen and oxygen atoms in total. The third kappa shape index (κ3) is 6.11. The van der Waals surface area contributed by atoms with Crippen molar-refractivity contribution in [2.24, 2.45) is 0 Å². The second-order valence-corrected chi connectivity index (χ2v) is 3.40. The van der Waals surface area contributed by atoms with Crippen molar-refractivity contribution in [1.29, 1.82) is 0 Å². The third-order valence-electron chi connectivity index (χ3n) is 1.89. The molecule has 0 aliphatic rings. The van der Waals surface area contributed by atoms with Crippen molar-refractivity contribution in [1.82, 2.24) is 0 Å². The van der Waals surface area contributed by atoms with Crippen molar-refractivity contribution in [3.8, 4) is 0 Å². The fourth-order valence-electron chi connectivity index (χ4n) is 1.16. The first-order chi connectivity index (χ1) is 5.12. The summed E-state index contributed by atoms with van der Waals surface area (Å²) in [7, 11) is 0. The first-order valence-electron chi connectivity index (χ1n) is 4.43. The number of rotatable bonds is 6. The van der Waals surface area contributed by atoms with Gasteiger partial charge in [-0.3, -0.25) is 0 Å². The van der Waals surface area contributed by atoms with Gasteiger partial charge in [0.15, 0.2) is 0 Å². The topological polar surface area (TPSA) is 19.9 Å². The number of hydrogen-bond acceptors (Lipinski definition) is 0. The van der Waals surface area contributed by atoms with Crippen LogP contribution in [0.1, 0.15) is 46.0 Å². The van der Waals surface area contributed by atoms with E-state index in [0.717, 1.165) is 12.8 Å². The predicted octanol–water partition coefficient (Wildman–Crippen LogP) is 3.33. The minimum Gasteiger partial charge on any atom is -0.229 e. The average Bonchev–Trinajstić information content (AvgIpc) is 1.87. The molecule has 0 rings (SSSR count). The number of unbranched alkanes of at least 4 members (excludes halogenated alkanes) is 2. The van der Waals surface area contributed by atoms with E-state index in [1.54, 1.807) is 13.0 Å². The highest BCUT2D eigenvalue weighted by molar-refractivity contribution is 4.81. The fourth-order valence-corrected chi connectivity index (χ4v) is 1.16. The smallest absolute Gasteiger partial charge is 0.104 e. The van der Waals surface area contributed by atoms with Gasteiger partial charge >= 0.3 is 0 Å². The van der Waals surface area contributed by atoms with Gasteiger partial charge in [-0.15, -0.1) is 6.58 Å². The molecule has 0 aliphatic heterocycles. The minimum absolute atomic E-state index is 0.594. The van der Waals surface area contributed by atoms with Gasteiger partial charge in [-0.25, -0.2) is 5.11 Å². The first kappa shape index (κ1) is 10.7. The average molecular weight is 155 g/mol. The van der Waals surface area contributed by atoms with Gasteiger partial charge in [0.25, 0.3) is 0 Å². The molecule has 0 heterocycles. The van der Waals surface area contributed by atoms with Gasteiger partial charge in [0.2, 0.25) is 0 Å². The summed E-state index contributed by atoms with van der Waals surface area (Å²) in [6.07, 6.45) is 6.52. The van der Waals surface area contributed by atoms with E-state index in [1.807, 2.05) is 0 Å². The first-order valence-corrected chi connectivity index (χ1v) is 4.43. The molecule has 0 saturated carbocycles. The van der Waals surface area contributed by atoms with Crippen LogP contribution in [0.5, 0.6) is 0 Å². The molecule has 1 atom stereocenters. The molecular weight excluding hydrogens is 136 g/mol. The van der Waals surface area contributed by atoms with Crippen molar-refractivity contribution in [2.75, 3.05) is 0 Å². The Labute approximate surface area is 70.1 Å². The quantitative estimate of drug-likeness (QED) is 0.414. The zero-order valence-electron chi connectivity index (χ0n) is 7.73. The minimum atomic E-state index is -0.767. The van der Waals surface area contributed by atoms with E-state index in [9.17, 15) is 5.11 Å². The monoisotopic (exact) mass is 155 g/mol. The molecule has 0 spiro atoms. The SMILES string of the molecule is C=CCC(C)([O])CCCCC. The zero-order chi connectivity index (χ0) is 8.74. The molecule has 0 bridgehead atoms. The van der Waals surface area contributed by atoms with Crippen LogP contribution in [0.3, 0.4) is 0 Å². The van der Waals surface area contributed by atoms with Gasteiger partial charge in [-0.2, -0.15) is 0 Å². The normalized spacial score (nSPS) is 15.9. The van der Waals surface area contributed by atoms with Gasteiger partial charge in [0.1, 0.15) is 5.60 Å². The van der Waals surface area contributed by atoms with Crippen LogP contribution in [0.2, 0.25) is 0 Å². The maximum atomic E-state index is 11.5. The molecule has 0 aromatic heterocycles. The molecular formula is C10H19O. The molecule has 0 N–H and O–H groups in total. The van der Waals surface area contributed by atoms with Gasteiger partial charge in [-0.1, -0.05) is 32.3 Å². The lowest BCUT2D eigenvalue weighted by Crippen LogP contribution is -2.20. The van der Waals surface area contributed by atoms with Gasteiger partial charge in [-0.05, 0) is 19.8 Å². The van der Waals surface area contributed by atoms with E-state index >= 15 is 0 Å². The van der Waals surface area contributed by atoms with Crippen LogP contribution < -0.4 is 0 Å². The molecule has 65 valence electrons. The Hall–Kier alpha value is -0.300. The van der Waals surface area contributed by atoms with Gasteiger partial charge < -0.3 is 0 Å². The van der Waals surface area contributed by atoms with Gasteiger partial charge in [0, 0.05) is 0 Å². The summed E-state index contributed by atoms with van der Waals surface area (Å²) in [5.74, 6) is 0. The second kappa shape index (κ2) is 5.36. The van der Waals surface area contributed by atoms with E-state index in [0.29, 0.717) is 6.42 Å². The van der Waals surface area contributed by atoms with Crippen molar-refractivity contribution in [2.45, 2.75) is 51.6 Å². The highest BCUT2D eigenvalue weighted by Gasteiger charge is 2.19. The van der Waals surface area contributed by atoms with Crippen molar-refractivity contribution < 1.29 is 5.11 Å². The Bertz CT molecular complexity index is 105. The molecule has 0 saturated heterocycles. The summed E-state index contributed by atoms with van der Waals surface area (Å²) in [4.78, 5) is 0. The molecule has 0 aromatic carbocycles. The van der Waals surface area contributed by atoms with Crippen molar-refractivity contribution in [3.05, 3.63) is 12.7 Å². The third-order valence-corrected chi connectivity index (χ3v) is 1.89. The van der Waals surface area contributed by atoms with E-state index in [-0.39, 0.29) is 0 Å². The molecule has 0 fully saturated rings. The molecule has 1 unspecified atom stereocenters. The van der Waals surface area contributed by atoms with Crippen LogP contribution in [0, 0.1) is 0 Å². The van der Waals surface area contributed by atoms with E-state index in [4.69, 9.17) is 0 Å². The lowest BCUT2D eigenvalue weighted by atomic mass is 9.95. The van der Waals surface area contributed by atoms with Crippen molar-refractivity contribution >= 4 is 0 Å². The Morgan fingerprint density at radius 1 is 1.45 bits per heavy atom. The van der Waals surface area contributed by atoms with Crippen LogP contribution in [-0.4, -0.2) is 5.60 Å². The van der Waals surface area contributed by atoms with Crippen molar-refractivity contribution in [3.63, 3.8) is 0 Å². The molecule has 1 heteroatoms. The molecule has 0 aliphatic carbocycles. The van der Waals surface area contributed by atoms with Crippen LogP contribution in [0.25, 0.3) is 0 Å². The summed E-state index contributed by atoms with van der Waals surface area (Å²) in [5.41, 5.74) is -0.767. The van der Waals surface area contributed by atoms with E-state index in [1.165, 1.54) is 12.8 Å². The highest BCUT2D eigenvalue weighted by Crippen LogP contribution is 2.19. The fraction of sp³-hybridized carbons (Fsp3) is 0.800. The summed E-state index contributed by atoms with van der Waals surface area (Å²) in [6, 6.07) is 0. The summed E-state index contributed by atoms with van der Waals surface area (Å²) in [6.45, 7) is 7.49. The second-order valence-electron chi connectivity index (χ2n) is 3.40. The maximum Gasteiger partial charge on any atom is 0.104 e. The number of hydrogen-bond donors (Lipinski definition) is 0. The molecule has 0 aromatic rings. The zero-order valence-corrected chi connectivity index (χ0v) is 7.73. The van der Waals surface area contributed by atoms with Crippen LogP contribution >= 0.6 is 0 Å². The van der Waals surface area contributed by atoms with Crippen LogP contribution in [-0.2, 0) is 5.11 Å². The highest BCUT2D eigenvalue weighted by atomic mass is 16.3. The summed E-state index contributed by atoms with van der Waals surface area (Å²) >= 11 is 0. The largest absolute Gasteiger partial charge is 0.229 e. The van der Waals surface area contributed by atoms with E-state index in [2.05, 4.69) is 13.5 Å². The molecule has 0 amide bonds. The Morgan fingerprint density at radius 3 is 2.55 bits per heavy atom. The predicted molar refractivity (Wildman–Crippen MR) is 48.0 cm³/mol. The lowest BCUT2D eigenvalue weighted by Gasteiger charge is -2.17. The Balaban J connectivity index is 3.45. The van der Waals surface area contributed by atoms with Crippen LogP contribution in [0.4, 0.5) is 0 Å². The van der Waals surface area contributed by atoms with E-state index < -0.39 is 5.60 Å². The summed E-state index contributed by atoms with van der Waals surface area (Å²) in [5, 5.41) is 11.5. The summed E-state index contributed by atoms with van der Waals surface area (Å²) < 4.78 is 0. The Morgan fingerprint density at radius 2 is 2.09 bits per heavy atom. The Kier molecular flexibility index (Phi) is 5.22. The standard InChI is InChI=1S/C10H19O/c1-4-6-7-9-10(3,11)8-5-2/h5H,2,4,6-9H2,1,3H3. The lowest BCUT2D eigenvalue weighted by molar-refractivity contribution is -0.0193. The van der Waals surface area contributed by atoms with Crippen LogP contribution in [0.15, 0.2) is 12.7 Å². The molecule has 11 heavy (non-hydrogen) atoms.